The third-order valence-corrected chi connectivity index (χ3v) is 4.43. The lowest BCUT2D eigenvalue weighted by molar-refractivity contribution is 0.178. The zero-order valence-electron chi connectivity index (χ0n) is 14.2. The highest BCUT2D eigenvalue weighted by atomic mass is 32.1. The summed E-state index contributed by atoms with van der Waals surface area (Å²) in [6.45, 7) is 2.60. The van der Waals surface area contributed by atoms with E-state index < -0.39 is 0 Å². The molecule has 0 bridgehead atoms. The fourth-order valence-corrected chi connectivity index (χ4v) is 3.23. The van der Waals surface area contributed by atoms with Gasteiger partial charge in [0.15, 0.2) is 11.5 Å². The number of ether oxygens (including phenoxy) is 3. The van der Waals surface area contributed by atoms with Crippen LogP contribution in [0.4, 0.5) is 0 Å². The van der Waals surface area contributed by atoms with E-state index in [0.29, 0.717) is 0 Å². The standard InChI is InChI=1S/C17H24N2O3S/c1-19(9-6-10-20-2)11-13-12-23-17(18-13)14-7-5-8-15(21-3)16(14)22-4/h5,7-8,12H,6,9-11H2,1-4H3. The van der Waals surface area contributed by atoms with E-state index in [1.165, 1.54) is 0 Å². The molecule has 0 atom stereocenters. The van der Waals surface area contributed by atoms with E-state index >= 15 is 0 Å². The second kappa shape index (κ2) is 8.86. The van der Waals surface area contributed by atoms with Gasteiger partial charge in [-0.2, -0.15) is 0 Å². The Bertz CT molecular complexity index is 616. The van der Waals surface area contributed by atoms with Crippen molar-refractivity contribution >= 4 is 11.3 Å². The molecule has 2 rings (SSSR count). The van der Waals surface area contributed by atoms with Gasteiger partial charge in [-0.1, -0.05) is 6.07 Å². The molecule has 0 saturated carbocycles. The topological polar surface area (TPSA) is 43.8 Å². The summed E-state index contributed by atoms with van der Waals surface area (Å²) in [6.07, 6.45) is 1.02. The van der Waals surface area contributed by atoms with Gasteiger partial charge >= 0.3 is 0 Å². The SMILES string of the molecule is COCCCN(C)Cc1csc(-c2cccc(OC)c2OC)n1. The predicted molar refractivity (Wildman–Crippen MR) is 93.5 cm³/mol. The molecule has 23 heavy (non-hydrogen) atoms. The van der Waals surface area contributed by atoms with Gasteiger partial charge in [-0.15, -0.1) is 11.3 Å². The van der Waals surface area contributed by atoms with Crippen molar-refractivity contribution < 1.29 is 14.2 Å². The molecular formula is C17H24N2O3S. The normalized spacial score (nSPS) is 11.0. The zero-order chi connectivity index (χ0) is 16.7. The van der Waals surface area contributed by atoms with Crippen LogP contribution in [0.1, 0.15) is 12.1 Å². The second-order valence-electron chi connectivity index (χ2n) is 5.27. The second-order valence-corrected chi connectivity index (χ2v) is 6.13. The highest BCUT2D eigenvalue weighted by molar-refractivity contribution is 7.13. The molecule has 0 amide bonds. The van der Waals surface area contributed by atoms with Crippen LogP contribution in [0, 0.1) is 0 Å². The first-order valence-electron chi connectivity index (χ1n) is 7.52. The molecule has 0 spiro atoms. The van der Waals surface area contributed by atoms with E-state index in [9.17, 15) is 0 Å². The van der Waals surface area contributed by atoms with Gasteiger partial charge in [-0.05, 0) is 25.6 Å². The highest BCUT2D eigenvalue weighted by Crippen LogP contribution is 2.38. The van der Waals surface area contributed by atoms with Gasteiger partial charge in [-0.25, -0.2) is 4.98 Å². The monoisotopic (exact) mass is 336 g/mol. The number of methoxy groups -OCH3 is 3. The fraction of sp³-hybridized carbons (Fsp3) is 0.471. The molecule has 126 valence electrons. The Morgan fingerprint density at radius 1 is 1.17 bits per heavy atom. The Morgan fingerprint density at radius 3 is 2.70 bits per heavy atom. The number of hydrogen-bond acceptors (Lipinski definition) is 6. The Morgan fingerprint density at radius 2 is 2.00 bits per heavy atom. The van der Waals surface area contributed by atoms with E-state index in [0.717, 1.165) is 53.9 Å². The largest absolute Gasteiger partial charge is 0.493 e. The van der Waals surface area contributed by atoms with Crippen LogP contribution in [0.15, 0.2) is 23.6 Å². The summed E-state index contributed by atoms with van der Waals surface area (Å²) in [5.41, 5.74) is 2.03. The molecule has 0 aliphatic rings. The van der Waals surface area contributed by atoms with Crippen molar-refractivity contribution in [2.75, 3.05) is 41.5 Å². The average molecular weight is 336 g/mol. The van der Waals surface area contributed by atoms with Gasteiger partial charge in [0.05, 0.1) is 25.5 Å². The summed E-state index contributed by atoms with van der Waals surface area (Å²) < 4.78 is 15.9. The molecule has 0 radical (unpaired) electrons. The molecule has 6 heteroatoms. The summed E-state index contributed by atoms with van der Waals surface area (Å²) in [6, 6.07) is 5.85. The van der Waals surface area contributed by atoms with Crippen molar-refractivity contribution in [3.05, 3.63) is 29.3 Å². The summed E-state index contributed by atoms with van der Waals surface area (Å²) in [4.78, 5) is 6.99. The minimum absolute atomic E-state index is 0.721. The lowest BCUT2D eigenvalue weighted by Gasteiger charge is -2.14. The molecule has 0 aliphatic heterocycles. The van der Waals surface area contributed by atoms with Crippen molar-refractivity contribution in [2.24, 2.45) is 0 Å². The van der Waals surface area contributed by atoms with Crippen molar-refractivity contribution in [2.45, 2.75) is 13.0 Å². The number of para-hydroxylation sites is 1. The lowest BCUT2D eigenvalue weighted by atomic mass is 10.2. The van der Waals surface area contributed by atoms with Gasteiger partial charge in [0.25, 0.3) is 0 Å². The van der Waals surface area contributed by atoms with Crippen LogP contribution in [-0.2, 0) is 11.3 Å². The molecule has 0 saturated heterocycles. The first-order valence-corrected chi connectivity index (χ1v) is 8.40. The van der Waals surface area contributed by atoms with Crippen LogP contribution in [-0.4, -0.2) is 51.4 Å². The number of hydrogen-bond donors (Lipinski definition) is 0. The van der Waals surface area contributed by atoms with Gasteiger partial charge in [-0.3, -0.25) is 0 Å². The van der Waals surface area contributed by atoms with Crippen LogP contribution in [0.2, 0.25) is 0 Å². The van der Waals surface area contributed by atoms with E-state index in [-0.39, 0.29) is 0 Å². The molecule has 0 aliphatic carbocycles. The third kappa shape index (κ3) is 4.67. The minimum atomic E-state index is 0.721. The third-order valence-electron chi connectivity index (χ3n) is 3.51. The zero-order valence-corrected chi connectivity index (χ0v) is 15.0. The molecule has 0 fully saturated rings. The molecule has 0 unspecified atom stereocenters. The van der Waals surface area contributed by atoms with Gasteiger partial charge in [0, 0.05) is 32.2 Å². The van der Waals surface area contributed by atoms with E-state index in [1.54, 1.807) is 32.7 Å². The predicted octanol–water partition coefficient (Wildman–Crippen LogP) is 3.30. The Hall–Kier alpha value is -1.63. The minimum Gasteiger partial charge on any atom is -0.493 e. The Balaban J connectivity index is 2.10. The van der Waals surface area contributed by atoms with E-state index in [2.05, 4.69) is 17.3 Å². The number of nitrogens with zero attached hydrogens (tertiary/aromatic N) is 2. The molecule has 2 aromatic rings. The maximum atomic E-state index is 5.49. The van der Waals surface area contributed by atoms with Crippen LogP contribution >= 0.6 is 11.3 Å². The molecule has 0 N–H and O–H groups in total. The summed E-state index contributed by atoms with van der Waals surface area (Å²) >= 11 is 1.62. The van der Waals surface area contributed by atoms with Crippen molar-refractivity contribution in [3.63, 3.8) is 0 Å². The molecule has 1 aromatic carbocycles. The first kappa shape index (κ1) is 17.7. The number of rotatable bonds is 9. The van der Waals surface area contributed by atoms with Crippen molar-refractivity contribution in [3.8, 4) is 22.1 Å². The Labute approximate surface area is 141 Å². The summed E-state index contributed by atoms with van der Waals surface area (Å²) in [7, 11) is 7.12. The summed E-state index contributed by atoms with van der Waals surface area (Å²) in [5.74, 6) is 1.45. The van der Waals surface area contributed by atoms with Crippen molar-refractivity contribution in [1.29, 1.82) is 0 Å². The quantitative estimate of drug-likeness (QED) is 0.658. The first-order chi connectivity index (χ1) is 11.2. The molecule has 5 nitrogen and oxygen atoms in total. The van der Waals surface area contributed by atoms with E-state index in [4.69, 9.17) is 19.2 Å². The maximum Gasteiger partial charge on any atom is 0.170 e. The lowest BCUT2D eigenvalue weighted by Crippen LogP contribution is -2.20. The van der Waals surface area contributed by atoms with Crippen LogP contribution in [0.25, 0.3) is 10.6 Å². The van der Waals surface area contributed by atoms with Crippen LogP contribution < -0.4 is 9.47 Å². The fourth-order valence-electron chi connectivity index (χ4n) is 2.39. The van der Waals surface area contributed by atoms with Crippen molar-refractivity contribution in [1.82, 2.24) is 9.88 Å². The Kier molecular flexibility index (Phi) is 6.83. The number of aromatic nitrogens is 1. The molecule has 1 aromatic heterocycles. The summed E-state index contributed by atoms with van der Waals surface area (Å²) in [5, 5.41) is 3.04. The van der Waals surface area contributed by atoms with Crippen LogP contribution in [0.3, 0.4) is 0 Å². The number of benzene rings is 1. The average Bonchev–Trinajstić information content (AvgIpc) is 3.02. The van der Waals surface area contributed by atoms with Gasteiger partial charge < -0.3 is 19.1 Å². The maximum absolute atomic E-state index is 5.49. The highest BCUT2D eigenvalue weighted by Gasteiger charge is 2.15. The smallest absolute Gasteiger partial charge is 0.170 e. The van der Waals surface area contributed by atoms with Gasteiger partial charge in [0.1, 0.15) is 5.01 Å². The molecular weight excluding hydrogens is 312 g/mol. The molecule has 1 heterocycles. The van der Waals surface area contributed by atoms with Crippen LogP contribution in [0.5, 0.6) is 11.5 Å². The van der Waals surface area contributed by atoms with Gasteiger partial charge in [0.2, 0.25) is 0 Å². The van der Waals surface area contributed by atoms with E-state index in [1.807, 2.05) is 18.2 Å². The number of thiazole rings is 1.